The minimum atomic E-state index is -4.07. The SMILES string of the molecule is COc1cc(-c2cc(F)cc(Cl)c2)c(F)cc1-n1c(=O)ccc2cc(S(=O)(=O)Nc3ncon3)ccc21. The number of nitrogens with zero attached hydrogens (tertiary/aromatic N) is 3. The van der Waals surface area contributed by atoms with E-state index < -0.39 is 27.2 Å². The Morgan fingerprint density at radius 1 is 1.05 bits per heavy atom. The van der Waals surface area contributed by atoms with E-state index in [4.69, 9.17) is 16.3 Å². The fourth-order valence-electron chi connectivity index (χ4n) is 3.85. The second-order valence-corrected chi connectivity index (χ2v) is 9.87. The Balaban J connectivity index is 1.65. The second kappa shape index (κ2) is 9.30. The Labute approximate surface area is 212 Å². The minimum Gasteiger partial charge on any atom is -0.495 e. The third-order valence-electron chi connectivity index (χ3n) is 5.45. The molecule has 0 fully saturated rings. The van der Waals surface area contributed by atoms with Crippen molar-refractivity contribution < 1.29 is 26.5 Å². The molecule has 0 radical (unpaired) electrons. The quantitative estimate of drug-likeness (QED) is 0.327. The molecular formula is C24H15ClF2N4O5S. The van der Waals surface area contributed by atoms with Gasteiger partial charge in [-0.25, -0.2) is 21.9 Å². The number of fused-ring (bicyclic) bond motifs is 1. The van der Waals surface area contributed by atoms with Crippen LogP contribution in [-0.4, -0.2) is 30.2 Å². The molecule has 0 aliphatic rings. The highest BCUT2D eigenvalue weighted by molar-refractivity contribution is 7.92. The molecule has 1 N–H and O–H groups in total. The number of hydrogen-bond acceptors (Lipinski definition) is 7. The molecule has 0 spiro atoms. The average molecular weight is 545 g/mol. The lowest BCUT2D eigenvalue weighted by Crippen LogP contribution is -2.19. The van der Waals surface area contributed by atoms with Crippen LogP contribution < -0.4 is 15.0 Å². The van der Waals surface area contributed by atoms with E-state index in [0.717, 1.165) is 24.6 Å². The molecule has 0 unspecified atom stereocenters. The molecule has 188 valence electrons. The van der Waals surface area contributed by atoms with E-state index in [1.54, 1.807) is 0 Å². The lowest BCUT2D eigenvalue weighted by atomic mass is 10.0. The molecule has 0 atom stereocenters. The van der Waals surface area contributed by atoms with Gasteiger partial charge in [0.25, 0.3) is 21.5 Å². The summed E-state index contributed by atoms with van der Waals surface area (Å²) < 4.78 is 67.9. The number of nitrogens with one attached hydrogen (secondary N) is 1. The predicted octanol–water partition coefficient (Wildman–Crippen LogP) is 4.78. The molecule has 3 aromatic carbocycles. The summed E-state index contributed by atoms with van der Waals surface area (Å²) in [4.78, 5) is 16.4. The van der Waals surface area contributed by atoms with E-state index in [0.29, 0.717) is 5.39 Å². The number of pyridine rings is 1. The highest BCUT2D eigenvalue weighted by atomic mass is 35.5. The normalized spacial score (nSPS) is 11.6. The molecule has 9 nitrogen and oxygen atoms in total. The van der Waals surface area contributed by atoms with Gasteiger partial charge in [-0.1, -0.05) is 11.6 Å². The number of anilines is 1. The molecular weight excluding hydrogens is 530 g/mol. The van der Waals surface area contributed by atoms with E-state index in [1.807, 2.05) is 0 Å². The van der Waals surface area contributed by atoms with Gasteiger partial charge >= 0.3 is 0 Å². The highest BCUT2D eigenvalue weighted by Crippen LogP contribution is 2.35. The molecule has 0 amide bonds. The summed E-state index contributed by atoms with van der Waals surface area (Å²) in [7, 11) is -2.74. The molecule has 0 saturated heterocycles. The average Bonchev–Trinajstić information content (AvgIpc) is 3.35. The highest BCUT2D eigenvalue weighted by Gasteiger charge is 2.20. The second-order valence-electron chi connectivity index (χ2n) is 7.75. The van der Waals surface area contributed by atoms with Crippen molar-refractivity contribution in [1.29, 1.82) is 0 Å². The van der Waals surface area contributed by atoms with Crippen LogP contribution in [0.5, 0.6) is 5.75 Å². The first-order valence-corrected chi connectivity index (χ1v) is 12.3. The van der Waals surface area contributed by atoms with Gasteiger partial charge in [0, 0.05) is 28.1 Å². The molecule has 37 heavy (non-hydrogen) atoms. The number of rotatable bonds is 6. The molecule has 0 aliphatic heterocycles. The van der Waals surface area contributed by atoms with Gasteiger partial charge in [0.2, 0.25) is 6.39 Å². The molecule has 5 rings (SSSR count). The number of ether oxygens (including phenoxy) is 1. The van der Waals surface area contributed by atoms with Gasteiger partial charge in [-0.05, 0) is 59.3 Å². The van der Waals surface area contributed by atoms with Crippen LogP contribution in [0, 0.1) is 11.6 Å². The van der Waals surface area contributed by atoms with Crippen molar-refractivity contribution in [2.75, 3.05) is 11.8 Å². The molecule has 2 aromatic heterocycles. The van der Waals surface area contributed by atoms with Crippen LogP contribution in [0.1, 0.15) is 0 Å². The van der Waals surface area contributed by atoms with E-state index in [1.165, 1.54) is 54.1 Å². The van der Waals surface area contributed by atoms with Crippen LogP contribution in [0.2, 0.25) is 5.02 Å². The van der Waals surface area contributed by atoms with Crippen molar-refractivity contribution in [3.8, 4) is 22.6 Å². The van der Waals surface area contributed by atoms with E-state index in [9.17, 15) is 17.6 Å². The van der Waals surface area contributed by atoms with Crippen LogP contribution in [0.25, 0.3) is 27.7 Å². The van der Waals surface area contributed by atoms with Crippen LogP contribution in [-0.2, 0) is 10.0 Å². The summed E-state index contributed by atoms with van der Waals surface area (Å²) >= 11 is 5.93. The maximum absolute atomic E-state index is 15.3. The zero-order valence-electron chi connectivity index (χ0n) is 18.8. The van der Waals surface area contributed by atoms with E-state index in [-0.39, 0.29) is 43.9 Å². The minimum absolute atomic E-state index is 0.0104. The van der Waals surface area contributed by atoms with Crippen molar-refractivity contribution in [3.63, 3.8) is 0 Å². The summed E-state index contributed by atoms with van der Waals surface area (Å²) in [5, 5.41) is 3.87. The van der Waals surface area contributed by atoms with Gasteiger partial charge in [-0.15, -0.1) is 0 Å². The number of methoxy groups -OCH3 is 1. The Hall–Kier alpha value is -4.29. The molecule has 2 heterocycles. The topological polar surface area (TPSA) is 116 Å². The summed E-state index contributed by atoms with van der Waals surface area (Å²) in [6.07, 6.45) is 0.970. The number of aromatic nitrogens is 3. The van der Waals surface area contributed by atoms with Crippen molar-refractivity contribution in [1.82, 2.24) is 14.7 Å². The van der Waals surface area contributed by atoms with Crippen molar-refractivity contribution in [2.24, 2.45) is 0 Å². The van der Waals surface area contributed by atoms with Gasteiger partial charge in [-0.2, -0.15) is 4.98 Å². The van der Waals surface area contributed by atoms with E-state index >= 15 is 4.39 Å². The van der Waals surface area contributed by atoms with Crippen molar-refractivity contribution in [2.45, 2.75) is 4.90 Å². The fourth-order valence-corrected chi connectivity index (χ4v) is 5.05. The zero-order valence-corrected chi connectivity index (χ0v) is 20.3. The smallest absolute Gasteiger partial charge is 0.277 e. The van der Waals surface area contributed by atoms with Crippen LogP contribution >= 0.6 is 11.6 Å². The first kappa shape index (κ1) is 24.4. The van der Waals surface area contributed by atoms with Crippen LogP contribution in [0.15, 0.2) is 81.3 Å². The number of halogens is 3. The molecule has 0 saturated carbocycles. The standard InChI is InChI=1S/C24H15ClF2N4O5S/c1-35-22-10-18(14-6-15(25)9-16(26)7-14)19(27)11-21(22)31-20-4-3-17(8-13(20)2-5-23(31)32)37(33,34)30-24-28-12-36-29-24/h2-12H,1H3,(H,29,30). The Morgan fingerprint density at radius 3 is 2.57 bits per heavy atom. The predicted molar refractivity (Wildman–Crippen MR) is 132 cm³/mol. The molecule has 0 aliphatic carbocycles. The van der Waals surface area contributed by atoms with Gasteiger partial charge < -0.3 is 9.26 Å². The number of sulfonamides is 1. The molecule has 5 aromatic rings. The summed E-state index contributed by atoms with van der Waals surface area (Å²) in [5.41, 5.74) is 0.0118. The first-order chi connectivity index (χ1) is 17.7. The summed E-state index contributed by atoms with van der Waals surface area (Å²) in [6, 6.07) is 12.7. The fraction of sp³-hybridized carbons (Fsp3) is 0.0417. The van der Waals surface area contributed by atoms with Crippen LogP contribution in [0.4, 0.5) is 14.7 Å². The number of hydrogen-bond donors (Lipinski definition) is 1. The number of benzene rings is 3. The van der Waals surface area contributed by atoms with Crippen LogP contribution in [0.3, 0.4) is 0 Å². The first-order valence-electron chi connectivity index (χ1n) is 10.5. The monoisotopic (exact) mass is 544 g/mol. The third kappa shape index (κ3) is 4.63. The molecule has 13 heteroatoms. The lowest BCUT2D eigenvalue weighted by molar-refractivity contribution is 0.412. The van der Waals surface area contributed by atoms with Crippen molar-refractivity contribution >= 4 is 38.5 Å². The summed E-state index contributed by atoms with van der Waals surface area (Å²) in [5.74, 6) is -1.54. The van der Waals surface area contributed by atoms with E-state index in [2.05, 4.69) is 19.4 Å². The third-order valence-corrected chi connectivity index (χ3v) is 6.99. The Kier molecular flexibility index (Phi) is 6.13. The van der Waals surface area contributed by atoms with Crippen molar-refractivity contribution in [3.05, 3.63) is 94.1 Å². The van der Waals surface area contributed by atoms with Gasteiger partial charge in [0.1, 0.15) is 17.4 Å². The van der Waals surface area contributed by atoms with Gasteiger partial charge in [0.15, 0.2) is 0 Å². The zero-order chi connectivity index (χ0) is 26.3. The van der Waals surface area contributed by atoms with Gasteiger partial charge in [-0.3, -0.25) is 9.36 Å². The maximum Gasteiger partial charge on any atom is 0.277 e. The lowest BCUT2D eigenvalue weighted by Gasteiger charge is -2.16. The Bertz CT molecular complexity index is 1810. The summed E-state index contributed by atoms with van der Waals surface area (Å²) in [6.45, 7) is 0. The van der Waals surface area contributed by atoms with Gasteiger partial charge in [0.05, 0.1) is 23.2 Å². The maximum atomic E-state index is 15.3. The molecule has 0 bridgehead atoms. The Morgan fingerprint density at radius 2 is 1.86 bits per heavy atom. The largest absolute Gasteiger partial charge is 0.495 e.